The molecule has 1 amide bonds. The molecule has 0 heterocycles. The molecule has 3 aromatic rings. The van der Waals surface area contributed by atoms with E-state index < -0.39 is 53.0 Å². The molecular formula is C27H24F3NO5. The van der Waals surface area contributed by atoms with Gasteiger partial charge in [0.15, 0.2) is 0 Å². The topological polar surface area (TPSA) is 72.9 Å². The van der Waals surface area contributed by atoms with Gasteiger partial charge >= 0.3 is 11.9 Å². The second-order valence-corrected chi connectivity index (χ2v) is 8.84. The van der Waals surface area contributed by atoms with Gasteiger partial charge < -0.3 is 9.47 Å². The van der Waals surface area contributed by atoms with Gasteiger partial charge in [0.05, 0.1) is 12.7 Å². The summed E-state index contributed by atoms with van der Waals surface area (Å²) in [5.74, 6) is -6.57. The first kappa shape index (κ1) is 26.5. The fourth-order valence-electron chi connectivity index (χ4n) is 3.46. The van der Waals surface area contributed by atoms with E-state index in [1.807, 2.05) is 0 Å². The van der Waals surface area contributed by atoms with Crippen molar-refractivity contribution in [2.75, 3.05) is 18.6 Å². The third kappa shape index (κ3) is 6.29. The monoisotopic (exact) mass is 499 g/mol. The highest BCUT2D eigenvalue weighted by Gasteiger charge is 2.29. The minimum atomic E-state index is -1.41. The summed E-state index contributed by atoms with van der Waals surface area (Å²) < 4.78 is 52.4. The number of carbonyl (C=O) groups excluding carboxylic acids is 3. The first-order chi connectivity index (χ1) is 16.9. The molecule has 3 rings (SSSR count). The van der Waals surface area contributed by atoms with Crippen LogP contribution in [-0.4, -0.2) is 37.1 Å². The van der Waals surface area contributed by atoms with E-state index in [4.69, 9.17) is 9.47 Å². The van der Waals surface area contributed by atoms with Crippen LogP contribution in [0.2, 0.25) is 0 Å². The molecule has 0 saturated heterocycles. The molecule has 0 unspecified atom stereocenters. The van der Waals surface area contributed by atoms with Crippen LogP contribution in [0.4, 0.5) is 18.9 Å². The Morgan fingerprint density at radius 3 is 2.03 bits per heavy atom. The molecule has 36 heavy (non-hydrogen) atoms. The number of rotatable bonds is 6. The number of halogens is 3. The molecule has 0 N–H and O–H groups in total. The zero-order chi connectivity index (χ0) is 26.6. The molecule has 6 nitrogen and oxygen atoms in total. The Morgan fingerprint density at radius 2 is 1.44 bits per heavy atom. The third-order valence-electron chi connectivity index (χ3n) is 4.95. The summed E-state index contributed by atoms with van der Waals surface area (Å²) in [7, 11) is 1.25. The smallest absolute Gasteiger partial charge is 0.337 e. The Balaban J connectivity index is 2.08. The van der Waals surface area contributed by atoms with Gasteiger partial charge in [0.25, 0.3) is 5.91 Å². The lowest BCUT2D eigenvalue weighted by Gasteiger charge is -2.26. The Labute approximate surface area is 206 Å². The van der Waals surface area contributed by atoms with Crippen molar-refractivity contribution in [3.63, 3.8) is 0 Å². The summed E-state index contributed by atoms with van der Waals surface area (Å²) in [5, 5.41) is 0. The van der Waals surface area contributed by atoms with Crippen molar-refractivity contribution in [1.29, 1.82) is 0 Å². The predicted octanol–water partition coefficient (Wildman–Crippen LogP) is 5.55. The summed E-state index contributed by atoms with van der Waals surface area (Å²) in [6.07, 6.45) is 0. The van der Waals surface area contributed by atoms with E-state index in [2.05, 4.69) is 0 Å². The molecule has 0 aliphatic heterocycles. The second-order valence-electron chi connectivity index (χ2n) is 8.84. The third-order valence-corrected chi connectivity index (χ3v) is 4.95. The zero-order valence-electron chi connectivity index (χ0n) is 20.1. The minimum absolute atomic E-state index is 0.120. The van der Waals surface area contributed by atoms with Crippen LogP contribution in [0.1, 0.15) is 41.5 Å². The summed E-state index contributed by atoms with van der Waals surface area (Å²) in [6.45, 7) is 4.22. The maximum Gasteiger partial charge on any atom is 0.337 e. The maximum atomic E-state index is 14.5. The fourth-order valence-corrected chi connectivity index (χ4v) is 3.46. The number of carbonyl (C=O) groups is 3. The van der Waals surface area contributed by atoms with Crippen molar-refractivity contribution in [3.05, 3.63) is 89.2 Å². The number of anilines is 1. The summed E-state index contributed by atoms with van der Waals surface area (Å²) in [5.41, 5.74) is -0.358. The van der Waals surface area contributed by atoms with E-state index in [0.29, 0.717) is 23.3 Å². The Bertz CT molecular complexity index is 1290. The van der Waals surface area contributed by atoms with Crippen molar-refractivity contribution in [1.82, 2.24) is 0 Å². The molecule has 0 aliphatic carbocycles. The lowest BCUT2D eigenvalue weighted by molar-refractivity contribution is -0.152. The van der Waals surface area contributed by atoms with Gasteiger partial charge in [-0.3, -0.25) is 14.5 Å². The number of nitrogens with zero attached hydrogens (tertiary/aromatic N) is 1. The molecular weight excluding hydrogens is 475 g/mol. The van der Waals surface area contributed by atoms with Crippen molar-refractivity contribution < 1.29 is 37.0 Å². The van der Waals surface area contributed by atoms with E-state index in [9.17, 15) is 27.6 Å². The number of hydrogen-bond acceptors (Lipinski definition) is 5. The second kappa shape index (κ2) is 10.6. The van der Waals surface area contributed by atoms with Gasteiger partial charge in [-0.15, -0.1) is 0 Å². The van der Waals surface area contributed by atoms with Crippen LogP contribution in [-0.2, 0) is 14.3 Å². The van der Waals surface area contributed by atoms with Gasteiger partial charge in [-0.1, -0.05) is 24.3 Å². The number of hydrogen-bond donors (Lipinski definition) is 0. The van der Waals surface area contributed by atoms with Crippen LogP contribution in [0.25, 0.3) is 11.1 Å². The minimum Gasteiger partial charge on any atom is -0.465 e. The summed E-state index contributed by atoms with van der Waals surface area (Å²) in [4.78, 5) is 38.6. The largest absolute Gasteiger partial charge is 0.465 e. The first-order valence-electron chi connectivity index (χ1n) is 10.9. The zero-order valence-corrected chi connectivity index (χ0v) is 20.1. The highest BCUT2D eigenvalue weighted by molar-refractivity contribution is 6.09. The van der Waals surface area contributed by atoms with Crippen molar-refractivity contribution in [2.24, 2.45) is 0 Å². The van der Waals surface area contributed by atoms with Crippen LogP contribution < -0.4 is 4.90 Å². The van der Waals surface area contributed by atoms with Crippen LogP contribution in [0.5, 0.6) is 0 Å². The van der Waals surface area contributed by atoms with E-state index >= 15 is 0 Å². The quantitative estimate of drug-likeness (QED) is 0.416. The Kier molecular flexibility index (Phi) is 7.82. The first-order valence-corrected chi connectivity index (χ1v) is 10.9. The van der Waals surface area contributed by atoms with Crippen LogP contribution in [0.15, 0.2) is 60.7 Å². The van der Waals surface area contributed by atoms with Crippen LogP contribution in [0.3, 0.4) is 0 Å². The average molecular weight is 499 g/mol. The van der Waals surface area contributed by atoms with E-state index in [1.165, 1.54) is 19.2 Å². The Morgan fingerprint density at radius 1 is 0.861 bits per heavy atom. The number of ether oxygens (including phenoxy) is 2. The fraction of sp³-hybridized carbons (Fsp3) is 0.222. The molecule has 0 fully saturated rings. The maximum absolute atomic E-state index is 14.5. The number of methoxy groups -OCH3 is 1. The van der Waals surface area contributed by atoms with Crippen molar-refractivity contribution >= 4 is 23.5 Å². The summed E-state index contributed by atoms with van der Waals surface area (Å²) in [6, 6.07) is 13.5. The highest BCUT2D eigenvalue weighted by atomic mass is 19.1. The molecule has 0 aliphatic rings. The van der Waals surface area contributed by atoms with Crippen LogP contribution in [0, 0.1) is 17.5 Å². The van der Waals surface area contributed by atoms with Crippen molar-refractivity contribution in [3.8, 4) is 11.1 Å². The van der Waals surface area contributed by atoms with Crippen LogP contribution >= 0.6 is 0 Å². The van der Waals surface area contributed by atoms with Gasteiger partial charge in [0, 0.05) is 17.8 Å². The number of amides is 1. The molecule has 9 heteroatoms. The predicted molar refractivity (Wildman–Crippen MR) is 127 cm³/mol. The summed E-state index contributed by atoms with van der Waals surface area (Å²) >= 11 is 0. The SMILES string of the molecule is COC(=O)c1cccc(-c2cccc(N(CC(=O)OC(C)(C)C)C(=O)c3c(F)cc(F)cc3F)c2)c1. The standard InChI is InChI=1S/C27H24F3NO5/c1-27(2,3)36-23(32)15-31(25(33)24-21(29)13-19(28)14-22(24)30)20-10-6-8-17(12-20)16-7-5-9-18(11-16)26(34)35-4/h5-14H,15H2,1-4H3. The average Bonchev–Trinajstić information content (AvgIpc) is 2.80. The van der Waals surface area contributed by atoms with E-state index in [1.54, 1.807) is 57.2 Å². The van der Waals surface area contributed by atoms with Gasteiger partial charge in [-0.05, 0) is 56.2 Å². The lowest BCUT2D eigenvalue weighted by Crippen LogP contribution is -2.39. The normalized spacial score (nSPS) is 11.1. The number of esters is 2. The molecule has 0 spiro atoms. The molecule has 0 atom stereocenters. The molecule has 0 radical (unpaired) electrons. The van der Waals surface area contributed by atoms with Gasteiger partial charge in [0.2, 0.25) is 0 Å². The molecule has 0 bridgehead atoms. The Hall–Kier alpha value is -4.14. The molecule has 188 valence electrons. The van der Waals surface area contributed by atoms with E-state index in [-0.39, 0.29) is 11.3 Å². The van der Waals surface area contributed by atoms with E-state index in [0.717, 1.165) is 4.90 Å². The van der Waals surface area contributed by atoms with Gasteiger partial charge in [0.1, 0.15) is 35.2 Å². The highest BCUT2D eigenvalue weighted by Crippen LogP contribution is 2.28. The molecule has 0 saturated carbocycles. The van der Waals surface area contributed by atoms with Gasteiger partial charge in [-0.25, -0.2) is 18.0 Å². The lowest BCUT2D eigenvalue weighted by atomic mass is 10.0. The molecule has 0 aromatic heterocycles. The number of benzene rings is 3. The molecule has 3 aromatic carbocycles. The van der Waals surface area contributed by atoms with Gasteiger partial charge in [-0.2, -0.15) is 0 Å². The van der Waals surface area contributed by atoms with Crippen molar-refractivity contribution in [2.45, 2.75) is 26.4 Å².